The van der Waals surface area contributed by atoms with Gasteiger partial charge in [0.25, 0.3) is 0 Å². The zero-order valence-electron chi connectivity index (χ0n) is 10.0. The highest BCUT2D eigenvalue weighted by Crippen LogP contribution is 2.57. The van der Waals surface area contributed by atoms with Crippen LogP contribution in [0.4, 0.5) is 0 Å². The lowest BCUT2D eigenvalue weighted by Crippen LogP contribution is -2.45. The van der Waals surface area contributed by atoms with Crippen LogP contribution in [0.5, 0.6) is 0 Å². The van der Waals surface area contributed by atoms with Crippen LogP contribution >= 0.6 is 0 Å². The molecule has 4 rings (SSSR count). The molecule has 1 unspecified atom stereocenters. The average Bonchev–Trinajstić information content (AvgIpc) is 2.26. The standard InChI is InChI=1S/C14H24O2/c15-8-13(16)1-2-14-11-4-9-3-10(6-11)7-12(14)5-9/h9-16H,1-8H2. The fourth-order valence-corrected chi connectivity index (χ4v) is 4.99. The van der Waals surface area contributed by atoms with Gasteiger partial charge in [-0.1, -0.05) is 0 Å². The van der Waals surface area contributed by atoms with Crippen molar-refractivity contribution in [3.05, 3.63) is 0 Å². The molecule has 2 nitrogen and oxygen atoms in total. The summed E-state index contributed by atoms with van der Waals surface area (Å²) in [7, 11) is 0. The van der Waals surface area contributed by atoms with E-state index in [9.17, 15) is 5.11 Å². The minimum absolute atomic E-state index is 0.0622. The Morgan fingerprint density at radius 1 is 0.938 bits per heavy atom. The first-order chi connectivity index (χ1) is 7.76. The van der Waals surface area contributed by atoms with Crippen molar-refractivity contribution in [3.8, 4) is 0 Å². The summed E-state index contributed by atoms with van der Waals surface area (Å²) >= 11 is 0. The molecule has 1 atom stereocenters. The van der Waals surface area contributed by atoms with E-state index in [2.05, 4.69) is 0 Å². The molecule has 0 radical (unpaired) electrons. The van der Waals surface area contributed by atoms with Gasteiger partial charge in [0, 0.05) is 0 Å². The van der Waals surface area contributed by atoms with Crippen molar-refractivity contribution in [2.45, 2.75) is 51.0 Å². The summed E-state index contributed by atoms with van der Waals surface area (Å²) in [5.41, 5.74) is 0. The van der Waals surface area contributed by atoms with Gasteiger partial charge in [0.05, 0.1) is 12.7 Å². The smallest absolute Gasteiger partial charge is 0.0771 e. The van der Waals surface area contributed by atoms with E-state index < -0.39 is 6.10 Å². The third kappa shape index (κ3) is 1.91. The van der Waals surface area contributed by atoms with E-state index in [1.165, 1.54) is 32.1 Å². The predicted octanol–water partition coefficient (Wildman–Crippen LogP) is 2.19. The zero-order valence-corrected chi connectivity index (χ0v) is 10.0. The fraction of sp³-hybridized carbons (Fsp3) is 1.00. The van der Waals surface area contributed by atoms with Crippen LogP contribution in [-0.4, -0.2) is 22.9 Å². The van der Waals surface area contributed by atoms with Crippen LogP contribution in [0.2, 0.25) is 0 Å². The van der Waals surface area contributed by atoms with Crippen molar-refractivity contribution in [2.24, 2.45) is 29.6 Å². The lowest BCUT2D eigenvalue weighted by Gasteiger charge is -2.54. The topological polar surface area (TPSA) is 40.5 Å². The molecule has 2 heteroatoms. The van der Waals surface area contributed by atoms with Crippen molar-refractivity contribution in [1.82, 2.24) is 0 Å². The zero-order chi connectivity index (χ0) is 11.1. The van der Waals surface area contributed by atoms with Crippen molar-refractivity contribution in [3.63, 3.8) is 0 Å². The first kappa shape index (κ1) is 11.0. The summed E-state index contributed by atoms with van der Waals surface area (Å²) in [6, 6.07) is 0. The second-order valence-corrected chi connectivity index (χ2v) is 6.51. The minimum atomic E-state index is -0.475. The van der Waals surface area contributed by atoms with Crippen LogP contribution in [0, 0.1) is 29.6 Å². The van der Waals surface area contributed by atoms with Crippen LogP contribution in [-0.2, 0) is 0 Å². The normalized spacial score (nSPS) is 47.2. The summed E-state index contributed by atoms with van der Waals surface area (Å²) in [5.74, 6) is 4.88. The Morgan fingerprint density at radius 2 is 1.50 bits per heavy atom. The van der Waals surface area contributed by atoms with Crippen LogP contribution < -0.4 is 0 Å². The number of aliphatic hydroxyl groups is 2. The maximum atomic E-state index is 9.46. The van der Waals surface area contributed by atoms with Gasteiger partial charge in [-0.05, 0) is 74.5 Å². The second kappa shape index (κ2) is 4.30. The van der Waals surface area contributed by atoms with Crippen molar-refractivity contribution in [2.75, 3.05) is 6.61 Å². The first-order valence-electron chi connectivity index (χ1n) is 7.05. The maximum absolute atomic E-state index is 9.46. The van der Waals surface area contributed by atoms with E-state index in [4.69, 9.17) is 5.11 Å². The lowest BCUT2D eigenvalue weighted by molar-refractivity contribution is -0.0457. The molecule has 0 amide bonds. The molecule has 4 bridgehead atoms. The van der Waals surface area contributed by atoms with E-state index in [1.54, 1.807) is 0 Å². The lowest BCUT2D eigenvalue weighted by atomic mass is 9.51. The first-order valence-corrected chi connectivity index (χ1v) is 7.05. The number of hydrogen-bond donors (Lipinski definition) is 2. The average molecular weight is 224 g/mol. The number of hydrogen-bond acceptors (Lipinski definition) is 2. The highest BCUT2D eigenvalue weighted by atomic mass is 16.3. The molecule has 0 aliphatic heterocycles. The summed E-state index contributed by atoms with van der Waals surface area (Å²) in [4.78, 5) is 0. The third-order valence-corrected chi connectivity index (χ3v) is 5.47. The van der Waals surface area contributed by atoms with Gasteiger partial charge in [-0.25, -0.2) is 0 Å². The van der Waals surface area contributed by atoms with Crippen LogP contribution in [0.3, 0.4) is 0 Å². The largest absolute Gasteiger partial charge is 0.394 e. The van der Waals surface area contributed by atoms with Gasteiger partial charge in [0.1, 0.15) is 0 Å². The quantitative estimate of drug-likeness (QED) is 0.768. The van der Waals surface area contributed by atoms with Gasteiger partial charge in [-0.15, -0.1) is 0 Å². The molecule has 2 N–H and O–H groups in total. The van der Waals surface area contributed by atoms with Gasteiger partial charge in [0.15, 0.2) is 0 Å². The molecular formula is C14H24O2. The second-order valence-electron chi connectivity index (χ2n) is 6.51. The fourth-order valence-electron chi connectivity index (χ4n) is 4.99. The monoisotopic (exact) mass is 224 g/mol. The molecule has 4 saturated carbocycles. The molecule has 0 aromatic carbocycles. The van der Waals surface area contributed by atoms with Gasteiger partial charge in [0.2, 0.25) is 0 Å². The Kier molecular flexibility index (Phi) is 2.97. The molecule has 0 aromatic rings. The molecule has 16 heavy (non-hydrogen) atoms. The molecule has 0 heterocycles. The molecular weight excluding hydrogens is 200 g/mol. The summed E-state index contributed by atoms with van der Waals surface area (Å²) < 4.78 is 0. The van der Waals surface area contributed by atoms with Gasteiger partial charge >= 0.3 is 0 Å². The van der Waals surface area contributed by atoms with Gasteiger partial charge < -0.3 is 10.2 Å². The van der Waals surface area contributed by atoms with Crippen LogP contribution in [0.15, 0.2) is 0 Å². The number of aliphatic hydroxyl groups excluding tert-OH is 2. The summed E-state index contributed by atoms with van der Waals surface area (Å²) in [6.07, 6.45) is 8.86. The van der Waals surface area contributed by atoms with E-state index in [0.717, 1.165) is 42.4 Å². The van der Waals surface area contributed by atoms with E-state index in [-0.39, 0.29) is 6.61 Å². The van der Waals surface area contributed by atoms with Crippen molar-refractivity contribution < 1.29 is 10.2 Å². The third-order valence-electron chi connectivity index (χ3n) is 5.47. The molecule has 4 aliphatic carbocycles. The summed E-state index contributed by atoms with van der Waals surface area (Å²) in [5, 5.41) is 18.3. The molecule has 92 valence electrons. The highest BCUT2D eigenvalue weighted by molar-refractivity contribution is 4.97. The predicted molar refractivity (Wildman–Crippen MR) is 62.9 cm³/mol. The van der Waals surface area contributed by atoms with E-state index in [1.807, 2.05) is 0 Å². The molecule has 4 aliphatic rings. The Balaban J connectivity index is 1.59. The van der Waals surface area contributed by atoms with Gasteiger partial charge in [-0.2, -0.15) is 0 Å². The Hall–Kier alpha value is -0.0800. The molecule has 0 aromatic heterocycles. The van der Waals surface area contributed by atoms with Crippen LogP contribution in [0.25, 0.3) is 0 Å². The highest BCUT2D eigenvalue weighted by Gasteiger charge is 2.47. The van der Waals surface area contributed by atoms with E-state index >= 15 is 0 Å². The van der Waals surface area contributed by atoms with Crippen molar-refractivity contribution in [1.29, 1.82) is 0 Å². The molecule has 0 saturated heterocycles. The van der Waals surface area contributed by atoms with E-state index in [0.29, 0.717) is 0 Å². The maximum Gasteiger partial charge on any atom is 0.0771 e. The minimum Gasteiger partial charge on any atom is -0.394 e. The Morgan fingerprint density at radius 3 is 2.00 bits per heavy atom. The Labute approximate surface area is 98.1 Å². The molecule has 0 spiro atoms. The molecule has 4 fully saturated rings. The van der Waals surface area contributed by atoms with Gasteiger partial charge in [-0.3, -0.25) is 0 Å². The SMILES string of the molecule is OCC(O)CCC1C2CC3CC(C2)CC1C3. The van der Waals surface area contributed by atoms with Crippen LogP contribution in [0.1, 0.15) is 44.9 Å². The van der Waals surface area contributed by atoms with Crippen molar-refractivity contribution >= 4 is 0 Å². The summed E-state index contributed by atoms with van der Waals surface area (Å²) in [6.45, 7) is -0.0622. The Bertz CT molecular complexity index is 223. The number of rotatable bonds is 4.